The van der Waals surface area contributed by atoms with Crippen molar-refractivity contribution in [1.82, 2.24) is 9.96 Å². The van der Waals surface area contributed by atoms with Gasteiger partial charge in [-0.05, 0) is 38.1 Å². The smallest absolute Gasteiger partial charge is 0.312 e. The van der Waals surface area contributed by atoms with E-state index in [-0.39, 0.29) is 5.91 Å². The minimum Gasteiger partial charge on any atom is -0.454 e. The Hall–Kier alpha value is -1.33. The van der Waals surface area contributed by atoms with E-state index < -0.39 is 0 Å². The van der Waals surface area contributed by atoms with Gasteiger partial charge in [0.15, 0.2) is 5.76 Å². The molecule has 1 aromatic heterocycles. The Morgan fingerprint density at radius 1 is 1.30 bits per heavy atom. The minimum absolute atomic E-state index is 0.262. The van der Waals surface area contributed by atoms with Gasteiger partial charge in [0.2, 0.25) is 0 Å². The molecular formula is C15H26N2O3. The molecule has 0 atom stereocenters. The normalized spacial score (nSPS) is 15.4. The van der Waals surface area contributed by atoms with Gasteiger partial charge in [0.25, 0.3) is 0 Å². The molecule has 0 bridgehead atoms. The molecule has 0 radical (unpaired) electrons. The third-order valence-corrected chi connectivity index (χ3v) is 3.26. The first kappa shape index (κ1) is 16.7. The summed E-state index contributed by atoms with van der Waals surface area (Å²) in [5, 5.41) is 1.16. The molecule has 0 saturated carbocycles. The van der Waals surface area contributed by atoms with E-state index in [1.54, 1.807) is 13.1 Å². The van der Waals surface area contributed by atoms with Gasteiger partial charge in [-0.25, -0.2) is 5.06 Å². The maximum atomic E-state index is 11.8. The van der Waals surface area contributed by atoms with E-state index in [4.69, 9.17) is 9.25 Å². The van der Waals surface area contributed by atoms with E-state index in [1.165, 1.54) is 26.4 Å². The van der Waals surface area contributed by atoms with Crippen LogP contribution in [-0.4, -0.2) is 43.1 Å². The zero-order valence-corrected chi connectivity index (χ0v) is 13.0. The second kappa shape index (κ2) is 8.76. The maximum Gasteiger partial charge on any atom is 0.312 e. The molecule has 1 amide bonds. The minimum atomic E-state index is -0.262. The average molecular weight is 282 g/mol. The molecule has 0 unspecified atom stereocenters. The first-order chi connectivity index (χ1) is 9.70. The highest BCUT2D eigenvalue weighted by molar-refractivity contribution is 5.90. The summed E-state index contributed by atoms with van der Waals surface area (Å²) in [6.07, 6.45) is 3.81. The SMILES string of the molecule is CC.CON(C)C(=O)c1ccc(CN2CCCCC2)o1. The molecule has 5 heteroatoms. The van der Waals surface area contributed by atoms with E-state index in [2.05, 4.69) is 4.90 Å². The zero-order chi connectivity index (χ0) is 15.0. The standard InChI is InChI=1S/C13H20N2O3.C2H6/c1-14(17-2)13(16)12-7-6-11(18-12)10-15-8-4-3-5-9-15;1-2/h6-7H,3-5,8-10H2,1-2H3;1-2H3. The number of hydrogen-bond donors (Lipinski definition) is 0. The number of nitrogens with zero attached hydrogens (tertiary/aromatic N) is 2. The molecule has 1 aliphatic heterocycles. The summed E-state index contributed by atoms with van der Waals surface area (Å²) in [4.78, 5) is 19.0. The van der Waals surface area contributed by atoms with Crippen LogP contribution in [-0.2, 0) is 11.4 Å². The van der Waals surface area contributed by atoms with Gasteiger partial charge in [0.1, 0.15) is 5.76 Å². The van der Waals surface area contributed by atoms with E-state index in [0.717, 1.165) is 30.5 Å². The lowest BCUT2D eigenvalue weighted by Crippen LogP contribution is -2.29. The molecule has 2 heterocycles. The molecule has 0 aromatic carbocycles. The molecule has 114 valence electrons. The van der Waals surface area contributed by atoms with E-state index >= 15 is 0 Å². The van der Waals surface area contributed by atoms with Gasteiger partial charge in [0, 0.05) is 7.05 Å². The number of rotatable bonds is 4. The van der Waals surface area contributed by atoms with Crippen LogP contribution in [0, 0.1) is 0 Å². The van der Waals surface area contributed by atoms with Gasteiger partial charge < -0.3 is 4.42 Å². The van der Waals surface area contributed by atoms with Gasteiger partial charge in [0.05, 0.1) is 13.7 Å². The third-order valence-electron chi connectivity index (χ3n) is 3.26. The number of amides is 1. The van der Waals surface area contributed by atoms with Crippen molar-refractivity contribution in [3.8, 4) is 0 Å². The fourth-order valence-electron chi connectivity index (χ4n) is 2.15. The van der Waals surface area contributed by atoms with Crippen molar-refractivity contribution in [2.45, 2.75) is 39.7 Å². The highest BCUT2D eigenvalue weighted by Crippen LogP contribution is 2.16. The van der Waals surface area contributed by atoms with Crippen molar-refractivity contribution in [3.63, 3.8) is 0 Å². The number of carbonyl (C=O) groups excluding carboxylic acids is 1. The summed E-state index contributed by atoms with van der Waals surface area (Å²) in [5.41, 5.74) is 0. The highest BCUT2D eigenvalue weighted by atomic mass is 16.7. The summed E-state index contributed by atoms with van der Waals surface area (Å²) in [7, 11) is 3.02. The second-order valence-electron chi connectivity index (χ2n) is 4.59. The topological polar surface area (TPSA) is 45.9 Å². The molecule has 0 N–H and O–H groups in total. The van der Waals surface area contributed by atoms with Crippen LogP contribution in [0.25, 0.3) is 0 Å². The lowest BCUT2D eigenvalue weighted by molar-refractivity contribution is -0.0774. The van der Waals surface area contributed by atoms with Crippen molar-refractivity contribution < 1.29 is 14.0 Å². The van der Waals surface area contributed by atoms with Crippen LogP contribution < -0.4 is 0 Å². The Bertz CT molecular complexity index is 398. The second-order valence-corrected chi connectivity index (χ2v) is 4.59. The van der Waals surface area contributed by atoms with Crippen LogP contribution >= 0.6 is 0 Å². The summed E-state index contributed by atoms with van der Waals surface area (Å²) < 4.78 is 5.56. The van der Waals surface area contributed by atoms with Gasteiger partial charge in [-0.3, -0.25) is 14.5 Å². The molecule has 1 aromatic rings. The fraction of sp³-hybridized carbons (Fsp3) is 0.667. The Labute approximate surface area is 121 Å². The Balaban J connectivity index is 0.000000956. The van der Waals surface area contributed by atoms with E-state index in [1.807, 2.05) is 19.9 Å². The molecule has 20 heavy (non-hydrogen) atoms. The predicted molar refractivity (Wildman–Crippen MR) is 78.3 cm³/mol. The first-order valence-electron chi connectivity index (χ1n) is 7.34. The largest absolute Gasteiger partial charge is 0.454 e. The molecule has 1 aliphatic rings. The van der Waals surface area contributed by atoms with Crippen molar-refractivity contribution in [1.29, 1.82) is 0 Å². The molecule has 2 rings (SSSR count). The lowest BCUT2D eigenvalue weighted by Gasteiger charge is -2.25. The lowest BCUT2D eigenvalue weighted by atomic mass is 10.1. The summed E-state index contributed by atoms with van der Waals surface area (Å²) in [5.74, 6) is 0.901. The molecule has 5 nitrogen and oxygen atoms in total. The van der Waals surface area contributed by atoms with Crippen molar-refractivity contribution >= 4 is 5.91 Å². The van der Waals surface area contributed by atoms with Crippen molar-refractivity contribution in [3.05, 3.63) is 23.7 Å². The van der Waals surface area contributed by atoms with Gasteiger partial charge in [-0.2, -0.15) is 0 Å². The summed E-state index contributed by atoms with van der Waals surface area (Å²) in [6.45, 7) is 7.01. The maximum absolute atomic E-state index is 11.8. The first-order valence-corrected chi connectivity index (χ1v) is 7.34. The fourth-order valence-corrected chi connectivity index (χ4v) is 2.15. The number of piperidine rings is 1. The zero-order valence-electron chi connectivity index (χ0n) is 13.0. The highest BCUT2D eigenvalue weighted by Gasteiger charge is 2.17. The van der Waals surface area contributed by atoms with Crippen LogP contribution in [0.2, 0.25) is 0 Å². The Kier molecular flexibility index (Phi) is 7.33. The van der Waals surface area contributed by atoms with E-state index in [9.17, 15) is 4.79 Å². The molecule has 1 saturated heterocycles. The Morgan fingerprint density at radius 3 is 2.55 bits per heavy atom. The van der Waals surface area contributed by atoms with Crippen LogP contribution in [0.15, 0.2) is 16.5 Å². The van der Waals surface area contributed by atoms with Crippen LogP contribution in [0.1, 0.15) is 49.4 Å². The number of hydroxylamine groups is 2. The Morgan fingerprint density at radius 2 is 1.95 bits per heavy atom. The number of furan rings is 1. The van der Waals surface area contributed by atoms with Gasteiger partial charge >= 0.3 is 5.91 Å². The van der Waals surface area contributed by atoms with Gasteiger partial charge in [-0.15, -0.1) is 0 Å². The number of carbonyl (C=O) groups is 1. The molecular weight excluding hydrogens is 256 g/mol. The molecule has 0 spiro atoms. The molecule has 0 aliphatic carbocycles. The number of hydrogen-bond acceptors (Lipinski definition) is 4. The molecule has 1 fully saturated rings. The van der Waals surface area contributed by atoms with Crippen LogP contribution in [0.3, 0.4) is 0 Å². The average Bonchev–Trinajstić information content (AvgIpc) is 2.97. The third kappa shape index (κ3) is 4.65. The summed E-state index contributed by atoms with van der Waals surface area (Å²) >= 11 is 0. The predicted octanol–water partition coefficient (Wildman–Crippen LogP) is 2.93. The van der Waals surface area contributed by atoms with Gasteiger partial charge in [-0.1, -0.05) is 20.3 Å². The number of likely N-dealkylation sites (tertiary alicyclic amines) is 1. The van der Waals surface area contributed by atoms with Crippen molar-refractivity contribution in [2.24, 2.45) is 0 Å². The van der Waals surface area contributed by atoms with E-state index in [0.29, 0.717) is 5.76 Å². The quantitative estimate of drug-likeness (QED) is 0.797. The van der Waals surface area contributed by atoms with Crippen LogP contribution in [0.5, 0.6) is 0 Å². The monoisotopic (exact) mass is 282 g/mol. The van der Waals surface area contributed by atoms with Crippen LogP contribution in [0.4, 0.5) is 0 Å². The van der Waals surface area contributed by atoms with Crippen molar-refractivity contribution in [2.75, 3.05) is 27.2 Å². The summed E-state index contributed by atoms with van der Waals surface area (Å²) in [6, 6.07) is 3.57.